The molecule has 20 heavy (non-hydrogen) atoms. The Labute approximate surface area is 124 Å². The van der Waals surface area contributed by atoms with E-state index >= 15 is 0 Å². The molecule has 2 atom stereocenters. The molecule has 0 aromatic heterocycles. The van der Waals surface area contributed by atoms with Crippen LogP contribution in [0.15, 0.2) is 18.2 Å². The Balaban J connectivity index is 1.88. The van der Waals surface area contributed by atoms with E-state index in [9.17, 15) is 4.79 Å². The second-order valence-electron chi connectivity index (χ2n) is 5.11. The Morgan fingerprint density at radius 1 is 1.35 bits per heavy atom. The molecule has 1 heterocycles. The molecule has 0 aliphatic carbocycles. The first kappa shape index (κ1) is 15.1. The quantitative estimate of drug-likeness (QED) is 0.786. The highest BCUT2D eigenvalue weighted by Gasteiger charge is 2.30. The lowest BCUT2D eigenvalue weighted by Crippen LogP contribution is -2.47. The predicted molar refractivity (Wildman–Crippen MR) is 78.8 cm³/mol. The standard InChI is InChI=1S/C14H20ClN3O2/c1-8-11(15)5-4-6-12(8)20-7-13(19)16-14-9(2)17-18-10(14)3/h4-6,9-10,14,17-18H,7H2,1-3H3,(H,16,19). The normalized spacial score (nSPS) is 25.5. The highest BCUT2D eigenvalue weighted by atomic mass is 35.5. The molecule has 1 aliphatic rings. The van der Waals surface area contributed by atoms with Gasteiger partial charge in [0, 0.05) is 22.7 Å². The van der Waals surface area contributed by atoms with E-state index in [4.69, 9.17) is 16.3 Å². The molecule has 110 valence electrons. The van der Waals surface area contributed by atoms with Crippen LogP contribution < -0.4 is 20.9 Å². The molecule has 0 bridgehead atoms. The molecule has 1 aromatic carbocycles. The Kier molecular flexibility index (Phi) is 4.86. The average Bonchev–Trinajstić information content (AvgIpc) is 2.72. The van der Waals surface area contributed by atoms with Gasteiger partial charge in [0.25, 0.3) is 5.91 Å². The minimum absolute atomic E-state index is 0.0167. The van der Waals surface area contributed by atoms with Gasteiger partial charge in [0.2, 0.25) is 0 Å². The van der Waals surface area contributed by atoms with Gasteiger partial charge in [-0.2, -0.15) is 0 Å². The summed E-state index contributed by atoms with van der Waals surface area (Å²) in [4.78, 5) is 11.9. The number of rotatable bonds is 4. The fourth-order valence-corrected chi connectivity index (χ4v) is 2.41. The molecule has 0 saturated carbocycles. The van der Waals surface area contributed by atoms with Gasteiger partial charge in [-0.05, 0) is 32.9 Å². The van der Waals surface area contributed by atoms with Crippen LogP contribution in [0.1, 0.15) is 19.4 Å². The first-order valence-corrected chi connectivity index (χ1v) is 7.05. The van der Waals surface area contributed by atoms with Gasteiger partial charge in [-0.1, -0.05) is 17.7 Å². The highest BCUT2D eigenvalue weighted by molar-refractivity contribution is 6.31. The van der Waals surface area contributed by atoms with Crippen LogP contribution in [-0.4, -0.2) is 30.6 Å². The molecule has 1 saturated heterocycles. The van der Waals surface area contributed by atoms with E-state index in [2.05, 4.69) is 16.2 Å². The molecule has 1 aliphatic heterocycles. The van der Waals surface area contributed by atoms with Crippen molar-refractivity contribution in [2.75, 3.05) is 6.61 Å². The van der Waals surface area contributed by atoms with Crippen molar-refractivity contribution in [1.29, 1.82) is 0 Å². The number of hydrazine groups is 1. The number of nitrogens with one attached hydrogen (secondary N) is 3. The number of hydrogen-bond acceptors (Lipinski definition) is 4. The number of halogens is 1. The zero-order valence-corrected chi connectivity index (χ0v) is 12.6. The summed E-state index contributed by atoms with van der Waals surface area (Å²) in [5.74, 6) is 0.495. The Morgan fingerprint density at radius 3 is 2.65 bits per heavy atom. The maximum absolute atomic E-state index is 11.9. The summed E-state index contributed by atoms with van der Waals surface area (Å²) in [6, 6.07) is 5.81. The average molecular weight is 298 g/mol. The van der Waals surface area contributed by atoms with Crippen molar-refractivity contribution in [3.63, 3.8) is 0 Å². The third-order valence-corrected chi connectivity index (χ3v) is 3.93. The number of benzene rings is 1. The van der Waals surface area contributed by atoms with Crippen LogP contribution in [-0.2, 0) is 4.79 Å². The van der Waals surface area contributed by atoms with Crippen LogP contribution in [0.4, 0.5) is 0 Å². The Bertz CT molecular complexity index is 485. The first-order valence-electron chi connectivity index (χ1n) is 6.67. The molecule has 1 amide bonds. The zero-order chi connectivity index (χ0) is 14.7. The minimum atomic E-state index is -0.140. The SMILES string of the molecule is Cc1c(Cl)cccc1OCC(=O)NC1C(C)NNC1C. The van der Waals surface area contributed by atoms with Crippen LogP contribution in [0.3, 0.4) is 0 Å². The first-order chi connectivity index (χ1) is 9.49. The maximum atomic E-state index is 11.9. The number of carbonyl (C=O) groups excluding carboxylic acids is 1. The summed E-state index contributed by atoms with van der Waals surface area (Å²) >= 11 is 6.01. The van der Waals surface area contributed by atoms with Gasteiger partial charge in [0.05, 0.1) is 6.04 Å². The highest BCUT2D eigenvalue weighted by Crippen LogP contribution is 2.24. The van der Waals surface area contributed by atoms with E-state index in [1.165, 1.54) is 0 Å². The summed E-state index contributed by atoms with van der Waals surface area (Å²) in [5, 5.41) is 3.59. The van der Waals surface area contributed by atoms with Crippen LogP contribution in [0.5, 0.6) is 5.75 Å². The van der Waals surface area contributed by atoms with E-state index in [0.717, 1.165) is 5.56 Å². The van der Waals surface area contributed by atoms with Gasteiger partial charge in [-0.3, -0.25) is 15.6 Å². The summed E-state index contributed by atoms with van der Waals surface area (Å²) < 4.78 is 5.52. The Hall–Kier alpha value is -1.30. The predicted octanol–water partition coefficient (Wildman–Crippen LogP) is 1.40. The lowest BCUT2D eigenvalue weighted by atomic mass is 10.1. The lowest BCUT2D eigenvalue weighted by molar-refractivity contribution is -0.123. The van der Waals surface area contributed by atoms with Crippen molar-refractivity contribution in [2.45, 2.75) is 38.9 Å². The number of ether oxygens (including phenoxy) is 1. The third kappa shape index (κ3) is 3.42. The van der Waals surface area contributed by atoms with E-state index in [1.807, 2.05) is 20.8 Å². The fourth-order valence-electron chi connectivity index (χ4n) is 2.24. The largest absolute Gasteiger partial charge is 0.483 e. The van der Waals surface area contributed by atoms with Gasteiger partial charge >= 0.3 is 0 Å². The summed E-state index contributed by atoms with van der Waals surface area (Å²) in [6.07, 6.45) is 0. The zero-order valence-electron chi connectivity index (χ0n) is 11.9. The molecule has 2 rings (SSSR count). The number of carbonyl (C=O) groups is 1. The van der Waals surface area contributed by atoms with Crippen LogP contribution >= 0.6 is 11.6 Å². The minimum Gasteiger partial charge on any atom is -0.483 e. The second kappa shape index (κ2) is 6.43. The van der Waals surface area contributed by atoms with E-state index in [0.29, 0.717) is 10.8 Å². The molecular weight excluding hydrogens is 278 g/mol. The smallest absolute Gasteiger partial charge is 0.258 e. The molecule has 0 radical (unpaired) electrons. The van der Waals surface area contributed by atoms with Crippen molar-refractivity contribution in [3.8, 4) is 5.75 Å². The third-order valence-electron chi connectivity index (χ3n) is 3.52. The van der Waals surface area contributed by atoms with Gasteiger partial charge in [-0.15, -0.1) is 0 Å². The van der Waals surface area contributed by atoms with E-state index < -0.39 is 0 Å². The van der Waals surface area contributed by atoms with E-state index in [-0.39, 0.29) is 30.6 Å². The van der Waals surface area contributed by atoms with Crippen LogP contribution in [0, 0.1) is 6.92 Å². The monoisotopic (exact) mass is 297 g/mol. The molecule has 2 unspecified atom stereocenters. The number of hydrogen-bond donors (Lipinski definition) is 3. The molecule has 1 fully saturated rings. The molecule has 1 aromatic rings. The van der Waals surface area contributed by atoms with Crippen molar-refractivity contribution >= 4 is 17.5 Å². The summed E-state index contributed by atoms with van der Waals surface area (Å²) in [6.45, 7) is 5.88. The van der Waals surface area contributed by atoms with Crippen molar-refractivity contribution in [2.24, 2.45) is 0 Å². The van der Waals surface area contributed by atoms with Gasteiger partial charge < -0.3 is 10.1 Å². The maximum Gasteiger partial charge on any atom is 0.258 e. The van der Waals surface area contributed by atoms with Crippen molar-refractivity contribution < 1.29 is 9.53 Å². The van der Waals surface area contributed by atoms with Crippen LogP contribution in [0.2, 0.25) is 5.02 Å². The van der Waals surface area contributed by atoms with Gasteiger partial charge in [0.15, 0.2) is 6.61 Å². The lowest BCUT2D eigenvalue weighted by Gasteiger charge is -2.20. The fraction of sp³-hybridized carbons (Fsp3) is 0.500. The Morgan fingerprint density at radius 2 is 2.00 bits per heavy atom. The summed E-state index contributed by atoms with van der Waals surface area (Å²) in [5.41, 5.74) is 7.02. The van der Waals surface area contributed by atoms with Crippen molar-refractivity contribution in [3.05, 3.63) is 28.8 Å². The van der Waals surface area contributed by atoms with Gasteiger partial charge in [-0.25, -0.2) is 0 Å². The molecule has 6 heteroatoms. The topological polar surface area (TPSA) is 62.4 Å². The number of amides is 1. The molecule has 3 N–H and O–H groups in total. The van der Waals surface area contributed by atoms with E-state index in [1.54, 1.807) is 18.2 Å². The van der Waals surface area contributed by atoms with Gasteiger partial charge in [0.1, 0.15) is 5.75 Å². The second-order valence-corrected chi connectivity index (χ2v) is 5.52. The molecule has 0 spiro atoms. The van der Waals surface area contributed by atoms with Crippen molar-refractivity contribution in [1.82, 2.24) is 16.2 Å². The molecule has 5 nitrogen and oxygen atoms in total. The van der Waals surface area contributed by atoms with Crippen LogP contribution in [0.25, 0.3) is 0 Å². The summed E-state index contributed by atoms with van der Waals surface area (Å²) in [7, 11) is 0. The molecular formula is C14H20ClN3O2.